The van der Waals surface area contributed by atoms with Crippen molar-refractivity contribution in [3.8, 4) is 0 Å². The van der Waals surface area contributed by atoms with E-state index in [1.165, 1.54) is 6.07 Å². The second-order valence-electron chi connectivity index (χ2n) is 4.49. The molecule has 1 unspecified atom stereocenters. The molecule has 1 N–H and O–H groups in total. The summed E-state index contributed by atoms with van der Waals surface area (Å²) in [6, 6.07) is 14.9. The third-order valence-electron chi connectivity index (χ3n) is 2.98. The summed E-state index contributed by atoms with van der Waals surface area (Å²) in [5.74, 6) is -0.196. The fourth-order valence-electron chi connectivity index (χ4n) is 2.06. The molecule has 0 heterocycles. The van der Waals surface area contributed by atoms with Crippen molar-refractivity contribution in [3.05, 3.63) is 69.9 Å². The maximum Gasteiger partial charge on any atom is 0.123 e. The molecule has 3 heteroatoms. The van der Waals surface area contributed by atoms with Crippen LogP contribution in [0.5, 0.6) is 0 Å². The first-order valence-corrected chi connectivity index (χ1v) is 7.24. The van der Waals surface area contributed by atoms with Crippen molar-refractivity contribution in [1.29, 1.82) is 0 Å². The Balaban J connectivity index is 2.32. The molecule has 100 valence electrons. The van der Waals surface area contributed by atoms with Gasteiger partial charge in [-0.1, -0.05) is 47.1 Å². The van der Waals surface area contributed by atoms with Crippen LogP contribution in [0.3, 0.4) is 0 Å². The Morgan fingerprint density at radius 1 is 1.11 bits per heavy atom. The molecule has 0 saturated heterocycles. The maximum absolute atomic E-state index is 13.4. The van der Waals surface area contributed by atoms with Crippen LogP contribution in [0, 0.1) is 5.82 Å². The standard InChI is InChI=1S/C16H17BrFN/c1-2-10-19-16(12-6-8-14(17)9-7-12)13-4-3-5-15(18)11-13/h3-9,11,16,19H,2,10H2,1H3. The molecule has 19 heavy (non-hydrogen) atoms. The lowest BCUT2D eigenvalue weighted by Crippen LogP contribution is -2.23. The monoisotopic (exact) mass is 321 g/mol. The van der Waals surface area contributed by atoms with Gasteiger partial charge in [0.2, 0.25) is 0 Å². The normalized spacial score (nSPS) is 12.4. The van der Waals surface area contributed by atoms with E-state index in [0.717, 1.165) is 28.6 Å². The van der Waals surface area contributed by atoms with Crippen LogP contribution in [0.15, 0.2) is 53.0 Å². The Morgan fingerprint density at radius 2 is 1.84 bits per heavy atom. The van der Waals surface area contributed by atoms with Crippen molar-refractivity contribution in [3.63, 3.8) is 0 Å². The van der Waals surface area contributed by atoms with E-state index in [2.05, 4.69) is 40.3 Å². The van der Waals surface area contributed by atoms with Gasteiger partial charge >= 0.3 is 0 Å². The van der Waals surface area contributed by atoms with Crippen LogP contribution < -0.4 is 5.32 Å². The first kappa shape index (κ1) is 14.2. The zero-order chi connectivity index (χ0) is 13.7. The van der Waals surface area contributed by atoms with Gasteiger partial charge < -0.3 is 5.32 Å². The van der Waals surface area contributed by atoms with Crippen molar-refractivity contribution in [2.24, 2.45) is 0 Å². The molecule has 0 aliphatic heterocycles. The number of benzene rings is 2. The highest BCUT2D eigenvalue weighted by Crippen LogP contribution is 2.24. The summed E-state index contributed by atoms with van der Waals surface area (Å²) < 4.78 is 14.4. The number of hydrogen-bond acceptors (Lipinski definition) is 1. The summed E-state index contributed by atoms with van der Waals surface area (Å²) in [7, 11) is 0. The number of rotatable bonds is 5. The number of nitrogens with one attached hydrogen (secondary N) is 1. The Kier molecular flexibility index (Phi) is 5.11. The van der Waals surface area contributed by atoms with Crippen LogP contribution in [0.4, 0.5) is 4.39 Å². The zero-order valence-electron chi connectivity index (χ0n) is 10.9. The van der Waals surface area contributed by atoms with E-state index in [0.29, 0.717) is 0 Å². The molecule has 0 spiro atoms. The Labute approximate surface area is 122 Å². The highest BCUT2D eigenvalue weighted by molar-refractivity contribution is 9.10. The van der Waals surface area contributed by atoms with Crippen molar-refractivity contribution in [2.45, 2.75) is 19.4 Å². The van der Waals surface area contributed by atoms with E-state index in [9.17, 15) is 4.39 Å². The first-order valence-electron chi connectivity index (χ1n) is 6.45. The molecule has 1 atom stereocenters. The minimum absolute atomic E-state index is 0.0312. The van der Waals surface area contributed by atoms with Gasteiger partial charge in [-0.25, -0.2) is 4.39 Å². The maximum atomic E-state index is 13.4. The lowest BCUT2D eigenvalue weighted by molar-refractivity contribution is 0.585. The zero-order valence-corrected chi connectivity index (χ0v) is 12.5. The SMILES string of the molecule is CCCNC(c1ccc(Br)cc1)c1cccc(F)c1. The predicted molar refractivity (Wildman–Crippen MR) is 80.7 cm³/mol. The molecule has 0 amide bonds. The van der Waals surface area contributed by atoms with Crippen molar-refractivity contribution >= 4 is 15.9 Å². The molecule has 2 aromatic carbocycles. The van der Waals surface area contributed by atoms with E-state index >= 15 is 0 Å². The first-order chi connectivity index (χ1) is 9.20. The van der Waals surface area contributed by atoms with E-state index in [-0.39, 0.29) is 11.9 Å². The van der Waals surface area contributed by atoms with Gasteiger partial charge in [-0.05, 0) is 48.4 Å². The van der Waals surface area contributed by atoms with Gasteiger partial charge in [-0.2, -0.15) is 0 Å². The lowest BCUT2D eigenvalue weighted by atomic mass is 9.98. The second kappa shape index (κ2) is 6.83. The van der Waals surface area contributed by atoms with Crippen LogP contribution in [0.25, 0.3) is 0 Å². The van der Waals surface area contributed by atoms with Crippen LogP contribution >= 0.6 is 15.9 Å². The molecule has 0 fully saturated rings. The summed E-state index contributed by atoms with van der Waals surface area (Å²) >= 11 is 3.43. The molecular formula is C16H17BrFN. The lowest BCUT2D eigenvalue weighted by Gasteiger charge is -2.19. The van der Waals surface area contributed by atoms with Gasteiger partial charge in [-0.15, -0.1) is 0 Å². The van der Waals surface area contributed by atoms with E-state index in [1.54, 1.807) is 12.1 Å². The Hall–Kier alpha value is -1.19. The molecule has 2 aromatic rings. The highest BCUT2D eigenvalue weighted by atomic mass is 79.9. The number of hydrogen-bond donors (Lipinski definition) is 1. The highest BCUT2D eigenvalue weighted by Gasteiger charge is 2.13. The average Bonchev–Trinajstić information content (AvgIpc) is 2.41. The molecular weight excluding hydrogens is 305 g/mol. The minimum atomic E-state index is -0.196. The van der Waals surface area contributed by atoms with Gasteiger partial charge in [0.25, 0.3) is 0 Å². The summed E-state index contributed by atoms with van der Waals surface area (Å²) in [6.45, 7) is 3.02. The van der Waals surface area contributed by atoms with E-state index in [1.807, 2.05) is 18.2 Å². The molecule has 0 aromatic heterocycles. The third kappa shape index (κ3) is 3.88. The van der Waals surface area contributed by atoms with Crippen molar-refractivity contribution in [2.75, 3.05) is 6.54 Å². The molecule has 0 bridgehead atoms. The molecule has 0 aliphatic rings. The molecule has 0 radical (unpaired) electrons. The Morgan fingerprint density at radius 3 is 2.47 bits per heavy atom. The van der Waals surface area contributed by atoms with E-state index in [4.69, 9.17) is 0 Å². The summed E-state index contributed by atoms with van der Waals surface area (Å²) in [5.41, 5.74) is 2.10. The largest absolute Gasteiger partial charge is 0.306 e. The van der Waals surface area contributed by atoms with Crippen LogP contribution in [-0.2, 0) is 0 Å². The van der Waals surface area contributed by atoms with Gasteiger partial charge in [0.1, 0.15) is 5.82 Å². The fraction of sp³-hybridized carbons (Fsp3) is 0.250. The predicted octanol–water partition coefficient (Wildman–Crippen LogP) is 4.68. The van der Waals surface area contributed by atoms with Gasteiger partial charge in [0.05, 0.1) is 6.04 Å². The minimum Gasteiger partial charge on any atom is -0.306 e. The summed E-state index contributed by atoms with van der Waals surface area (Å²) in [6.07, 6.45) is 1.04. The van der Waals surface area contributed by atoms with Crippen LogP contribution in [0.1, 0.15) is 30.5 Å². The molecule has 1 nitrogen and oxygen atoms in total. The second-order valence-corrected chi connectivity index (χ2v) is 5.41. The van der Waals surface area contributed by atoms with Gasteiger partial charge in [0.15, 0.2) is 0 Å². The molecule has 0 saturated carbocycles. The topological polar surface area (TPSA) is 12.0 Å². The third-order valence-corrected chi connectivity index (χ3v) is 3.51. The summed E-state index contributed by atoms with van der Waals surface area (Å²) in [5, 5.41) is 3.47. The van der Waals surface area contributed by atoms with Crippen LogP contribution in [0.2, 0.25) is 0 Å². The number of halogens is 2. The quantitative estimate of drug-likeness (QED) is 0.843. The van der Waals surface area contributed by atoms with Crippen LogP contribution in [-0.4, -0.2) is 6.54 Å². The van der Waals surface area contributed by atoms with Crippen molar-refractivity contribution < 1.29 is 4.39 Å². The fourth-order valence-corrected chi connectivity index (χ4v) is 2.32. The molecule has 0 aliphatic carbocycles. The van der Waals surface area contributed by atoms with Gasteiger partial charge in [-0.3, -0.25) is 0 Å². The van der Waals surface area contributed by atoms with Crippen molar-refractivity contribution in [1.82, 2.24) is 5.32 Å². The molecule has 2 rings (SSSR count). The summed E-state index contributed by atoms with van der Waals surface area (Å²) in [4.78, 5) is 0. The smallest absolute Gasteiger partial charge is 0.123 e. The Bertz CT molecular complexity index is 525. The van der Waals surface area contributed by atoms with Gasteiger partial charge in [0, 0.05) is 4.47 Å². The van der Waals surface area contributed by atoms with E-state index < -0.39 is 0 Å². The average molecular weight is 322 g/mol.